The lowest BCUT2D eigenvalue weighted by Crippen LogP contribution is -2.24. The molecule has 0 amide bonds. The van der Waals surface area contributed by atoms with Crippen molar-refractivity contribution in [1.82, 2.24) is 5.32 Å². The summed E-state index contributed by atoms with van der Waals surface area (Å²) in [6, 6.07) is 0. The average molecular weight is 207 g/mol. The number of hydrogen-bond acceptors (Lipinski definition) is 1. The van der Waals surface area contributed by atoms with Crippen LogP contribution in [0.5, 0.6) is 0 Å². The van der Waals surface area contributed by atoms with Gasteiger partial charge in [-0.3, -0.25) is 0 Å². The average Bonchev–Trinajstić information content (AvgIpc) is 2.14. The molecule has 0 fully saturated rings. The van der Waals surface area contributed by atoms with Crippen molar-refractivity contribution in [1.29, 1.82) is 0 Å². The van der Waals surface area contributed by atoms with Crippen molar-refractivity contribution in [2.45, 2.75) is 40.5 Å². The number of nitrogens with one attached hydrogen (secondary N) is 1. The minimum Gasteiger partial charge on any atom is -0.388 e. The third kappa shape index (κ3) is 8.04. The zero-order chi connectivity index (χ0) is 11.7. The Bertz CT molecular complexity index is 228. The zero-order valence-electron chi connectivity index (χ0n) is 10.6. The first-order valence-corrected chi connectivity index (χ1v) is 5.73. The first kappa shape index (κ1) is 14.0. The van der Waals surface area contributed by atoms with Gasteiger partial charge in [0.25, 0.3) is 0 Å². The molecule has 0 radical (unpaired) electrons. The van der Waals surface area contributed by atoms with Crippen molar-refractivity contribution >= 4 is 0 Å². The first-order valence-electron chi connectivity index (χ1n) is 5.73. The van der Waals surface area contributed by atoms with Gasteiger partial charge in [-0.25, -0.2) is 0 Å². The molecule has 0 aliphatic carbocycles. The highest BCUT2D eigenvalue weighted by Crippen LogP contribution is 2.20. The lowest BCUT2D eigenvalue weighted by Gasteiger charge is -2.22. The second-order valence-electron chi connectivity index (χ2n) is 4.71. The van der Waals surface area contributed by atoms with Gasteiger partial charge in [0, 0.05) is 17.7 Å². The van der Waals surface area contributed by atoms with Gasteiger partial charge < -0.3 is 5.32 Å². The van der Waals surface area contributed by atoms with Crippen LogP contribution in [-0.2, 0) is 0 Å². The lowest BCUT2D eigenvalue weighted by molar-refractivity contribution is 0.463. The summed E-state index contributed by atoms with van der Waals surface area (Å²) in [5.41, 5.74) is 1.27. The van der Waals surface area contributed by atoms with Crippen LogP contribution in [0, 0.1) is 5.41 Å². The molecule has 0 spiro atoms. The maximum atomic E-state index is 4.02. The van der Waals surface area contributed by atoms with E-state index in [4.69, 9.17) is 0 Å². The van der Waals surface area contributed by atoms with Crippen molar-refractivity contribution in [3.8, 4) is 0 Å². The van der Waals surface area contributed by atoms with Crippen molar-refractivity contribution in [3.63, 3.8) is 0 Å². The summed E-state index contributed by atoms with van der Waals surface area (Å²) in [5, 5.41) is 3.34. The molecule has 1 heteroatoms. The molecule has 0 aromatic carbocycles. The Labute approximate surface area is 95.0 Å². The van der Waals surface area contributed by atoms with Gasteiger partial charge in [-0.1, -0.05) is 58.6 Å². The molecule has 0 bridgehead atoms. The summed E-state index contributed by atoms with van der Waals surface area (Å²) in [5.74, 6) is 0. The maximum Gasteiger partial charge on any atom is 0.0178 e. The van der Waals surface area contributed by atoms with E-state index in [9.17, 15) is 0 Å². The van der Waals surface area contributed by atoms with Crippen molar-refractivity contribution < 1.29 is 0 Å². The van der Waals surface area contributed by atoms with E-state index in [1.807, 2.05) is 0 Å². The van der Waals surface area contributed by atoms with E-state index < -0.39 is 0 Å². The third-order valence-corrected chi connectivity index (χ3v) is 2.17. The van der Waals surface area contributed by atoms with Crippen LogP contribution in [0.15, 0.2) is 36.6 Å². The molecule has 0 aliphatic rings. The van der Waals surface area contributed by atoms with E-state index in [-0.39, 0.29) is 5.41 Å². The zero-order valence-corrected chi connectivity index (χ0v) is 10.6. The monoisotopic (exact) mass is 207 g/mol. The second-order valence-corrected chi connectivity index (χ2v) is 4.71. The molecule has 15 heavy (non-hydrogen) atoms. The Morgan fingerprint density at radius 1 is 1.20 bits per heavy atom. The number of hydrogen-bond donors (Lipinski definition) is 1. The van der Waals surface area contributed by atoms with E-state index in [1.165, 1.54) is 0 Å². The van der Waals surface area contributed by atoms with E-state index >= 15 is 0 Å². The second kappa shape index (κ2) is 7.33. The van der Waals surface area contributed by atoms with Crippen LogP contribution in [0.25, 0.3) is 0 Å². The van der Waals surface area contributed by atoms with Crippen LogP contribution < -0.4 is 5.32 Å². The third-order valence-electron chi connectivity index (χ3n) is 2.17. The Hall–Kier alpha value is -0.980. The molecular weight excluding hydrogens is 182 g/mol. The van der Waals surface area contributed by atoms with Crippen LogP contribution in [0.3, 0.4) is 0 Å². The molecule has 0 saturated heterocycles. The van der Waals surface area contributed by atoms with Gasteiger partial charge in [-0.2, -0.15) is 0 Å². The Morgan fingerprint density at radius 2 is 1.80 bits per heavy atom. The molecule has 1 nitrogen and oxygen atoms in total. The van der Waals surface area contributed by atoms with Gasteiger partial charge in [-0.15, -0.1) is 0 Å². The van der Waals surface area contributed by atoms with E-state index in [0.29, 0.717) is 0 Å². The fourth-order valence-corrected chi connectivity index (χ4v) is 0.961. The summed E-state index contributed by atoms with van der Waals surface area (Å²) in [6.07, 6.45) is 10.7. The van der Waals surface area contributed by atoms with Gasteiger partial charge in [0.05, 0.1) is 0 Å². The molecule has 0 atom stereocenters. The quantitative estimate of drug-likeness (QED) is 0.512. The summed E-state index contributed by atoms with van der Waals surface area (Å²) >= 11 is 0. The fraction of sp³-hybridized carbons (Fsp3) is 0.571. The van der Waals surface area contributed by atoms with Crippen LogP contribution in [-0.4, -0.2) is 6.54 Å². The Kier molecular flexibility index (Phi) is 6.85. The van der Waals surface area contributed by atoms with Crippen LogP contribution in [0.4, 0.5) is 0 Å². The Balaban J connectivity index is 3.59. The molecule has 0 aromatic heterocycles. The topological polar surface area (TPSA) is 12.0 Å². The highest BCUT2D eigenvalue weighted by Gasteiger charge is 2.13. The smallest absolute Gasteiger partial charge is 0.0178 e. The highest BCUT2D eigenvalue weighted by atomic mass is 14.9. The predicted molar refractivity (Wildman–Crippen MR) is 69.8 cm³/mol. The van der Waals surface area contributed by atoms with Gasteiger partial charge in [-0.05, 0) is 12.8 Å². The van der Waals surface area contributed by atoms with Crippen molar-refractivity contribution in [3.05, 3.63) is 36.6 Å². The molecule has 1 N–H and O–H groups in total. The highest BCUT2D eigenvalue weighted by molar-refractivity contribution is 5.04. The van der Waals surface area contributed by atoms with Crippen molar-refractivity contribution in [2.75, 3.05) is 6.54 Å². The minimum atomic E-state index is 0.159. The summed E-state index contributed by atoms with van der Waals surface area (Å²) < 4.78 is 0. The van der Waals surface area contributed by atoms with Gasteiger partial charge in [0.1, 0.15) is 0 Å². The van der Waals surface area contributed by atoms with Gasteiger partial charge in [0.2, 0.25) is 0 Å². The van der Waals surface area contributed by atoms with Crippen LogP contribution >= 0.6 is 0 Å². The SMILES string of the molecule is C=C(NCC/C=C\C=C/CC)C(C)(C)C. The molecular formula is C14H25N. The summed E-state index contributed by atoms with van der Waals surface area (Å²) in [4.78, 5) is 0. The molecule has 0 heterocycles. The predicted octanol–water partition coefficient (Wildman–Crippen LogP) is 4.05. The number of rotatable bonds is 6. The van der Waals surface area contributed by atoms with Gasteiger partial charge >= 0.3 is 0 Å². The molecule has 0 rings (SSSR count). The summed E-state index contributed by atoms with van der Waals surface area (Å²) in [6.45, 7) is 13.6. The lowest BCUT2D eigenvalue weighted by atomic mass is 9.93. The molecule has 0 aliphatic heterocycles. The largest absolute Gasteiger partial charge is 0.388 e. The Morgan fingerprint density at radius 3 is 2.33 bits per heavy atom. The molecule has 0 saturated carbocycles. The summed E-state index contributed by atoms with van der Waals surface area (Å²) in [7, 11) is 0. The minimum absolute atomic E-state index is 0.159. The van der Waals surface area contributed by atoms with E-state index in [1.54, 1.807) is 0 Å². The van der Waals surface area contributed by atoms with E-state index in [0.717, 1.165) is 25.1 Å². The number of allylic oxidation sites excluding steroid dienone is 4. The molecule has 0 unspecified atom stereocenters. The van der Waals surface area contributed by atoms with E-state index in [2.05, 4.69) is 63.9 Å². The van der Waals surface area contributed by atoms with Crippen LogP contribution in [0.1, 0.15) is 40.5 Å². The maximum absolute atomic E-state index is 4.02. The van der Waals surface area contributed by atoms with Crippen LogP contribution in [0.2, 0.25) is 0 Å². The fourth-order valence-electron chi connectivity index (χ4n) is 0.961. The molecule has 86 valence electrons. The van der Waals surface area contributed by atoms with Gasteiger partial charge in [0.15, 0.2) is 0 Å². The first-order chi connectivity index (χ1) is 6.98. The van der Waals surface area contributed by atoms with Crippen molar-refractivity contribution in [2.24, 2.45) is 5.41 Å². The normalized spacial score (nSPS) is 12.5. The molecule has 0 aromatic rings. The standard InChI is InChI=1S/C14H25N/c1-6-7-8-9-10-11-12-15-13(2)14(3,4)5/h7-10,15H,2,6,11-12H2,1,3-5H3/b8-7-,10-9-.